The second-order valence-electron chi connectivity index (χ2n) is 5.61. The van der Waals surface area contributed by atoms with Crippen LogP contribution in [0.15, 0.2) is 0 Å². The first-order chi connectivity index (χ1) is 7.41. The lowest BCUT2D eigenvalue weighted by Crippen LogP contribution is -2.42. The van der Waals surface area contributed by atoms with Crippen molar-refractivity contribution < 1.29 is 4.43 Å². The Kier molecular flexibility index (Phi) is 4.54. The molecule has 0 spiro atoms. The molecule has 1 saturated heterocycles. The molecule has 1 unspecified atom stereocenters. The van der Waals surface area contributed by atoms with Gasteiger partial charge in [0.05, 0.1) is 6.07 Å². The van der Waals surface area contributed by atoms with Gasteiger partial charge in [-0.05, 0) is 45.6 Å². The van der Waals surface area contributed by atoms with Gasteiger partial charge in [-0.3, -0.25) is 0 Å². The fourth-order valence-electron chi connectivity index (χ4n) is 2.30. The molecular formula is C12H24N2OSi. The standard InChI is InChI=1S/C12H24N2OSi/c1-5-14-9-6-7-12(11-13,8-10-14)15-16(2,3)4/h5-10H2,1-4H3. The molecule has 0 aromatic heterocycles. The average molecular weight is 240 g/mol. The van der Waals surface area contributed by atoms with Gasteiger partial charge < -0.3 is 9.33 Å². The molecule has 1 aliphatic heterocycles. The van der Waals surface area contributed by atoms with Gasteiger partial charge >= 0.3 is 0 Å². The van der Waals surface area contributed by atoms with E-state index in [1.165, 1.54) is 0 Å². The molecule has 16 heavy (non-hydrogen) atoms. The van der Waals surface area contributed by atoms with Crippen molar-refractivity contribution in [1.82, 2.24) is 4.90 Å². The van der Waals surface area contributed by atoms with Crippen LogP contribution in [0.5, 0.6) is 0 Å². The van der Waals surface area contributed by atoms with Crippen LogP contribution in [0.4, 0.5) is 0 Å². The van der Waals surface area contributed by atoms with Crippen LogP contribution >= 0.6 is 0 Å². The van der Waals surface area contributed by atoms with E-state index >= 15 is 0 Å². The maximum Gasteiger partial charge on any atom is 0.185 e. The van der Waals surface area contributed by atoms with E-state index in [2.05, 4.69) is 37.5 Å². The average Bonchev–Trinajstić information content (AvgIpc) is 2.39. The van der Waals surface area contributed by atoms with Crippen LogP contribution in [0.1, 0.15) is 26.2 Å². The Balaban J connectivity index is 2.70. The fraction of sp³-hybridized carbons (Fsp3) is 0.917. The predicted octanol–water partition coefficient (Wildman–Crippen LogP) is 2.61. The molecule has 0 bridgehead atoms. The molecule has 1 rings (SSSR count). The third-order valence-corrected chi connectivity index (χ3v) is 4.04. The highest BCUT2D eigenvalue weighted by Crippen LogP contribution is 2.29. The zero-order chi connectivity index (χ0) is 12.2. The summed E-state index contributed by atoms with van der Waals surface area (Å²) in [6, 6.07) is 2.44. The SMILES string of the molecule is CCN1CCCC(C#N)(O[Si](C)(C)C)CC1. The molecule has 1 aliphatic rings. The van der Waals surface area contributed by atoms with Crippen molar-refractivity contribution in [2.45, 2.75) is 51.4 Å². The molecule has 1 heterocycles. The second kappa shape index (κ2) is 5.31. The topological polar surface area (TPSA) is 36.3 Å². The summed E-state index contributed by atoms with van der Waals surface area (Å²) in [7, 11) is -1.63. The van der Waals surface area contributed by atoms with Crippen LogP contribution in [-0.4, -0.2) is 38.5 Å². The lowest BCUT2D eigenvalue weighted by Gasteiger charge is -2.32. The molecule has 4 heteroatoms. The molecule has 3 nitrogen and oxygen atoms in total. The van der Waals surface area contributed by atoms with Gasteiger partial charge in [-0.25, -0.2) is 0 Å². The van der Waals surface area contributed by atoms with E-state index in [1.807, 2.05) is 0 Å². The van der Waals surface area contributed by atoms with Gasteiger partial charge in [0.15, 0.2) is 8.32 Å². The number of hydrogen-bond acceptors (Lipinski definition) is 3. The van der Waals surface area contributed by atoms with E-state index in [0.717, 1.165) is 38.9 Å². The number of nitriles is 1. The molecule has 1 fully saturated rings. The smallest absolute Gasteiger partial charge is 0.185 e. The van der Waals surface area contributed by atoms with E-state index in [4.69, 9.17) is 4.43 Å². The Labute approximate surface area is 101 Å². The summed E-state index contributed by atoms with van der Waals surface area (Å²) >= 11 is 0. The molecule has 0 aromatic carbocycles. The summed E-state index contributed by atoms with van der Waals surface area (Å²) in [5, 5.41) is 9.42. The summed E-state index contributed by atoms with van der Waals surface area (Å²) in [5.41, 5.74) is -0.506. The Morgan fingerprint density at radius 2 is 2.00 bits per heavy atom. The van der Waals surface area contributed by atoms with Crippen molar-refractivity contribution in [3.8, 4) is 6.07 Å². The quantitative estimate of drug-likeness (QED) is 0.712. The lowest BCUT2D eigenvalue weighted by molar-refractivity contribution is 0.102. The van der Waals surface area contributed by atoms with E-state index in [0.29, 0.717) is 0 Å². The minimum absolute atomic E-state index is 0.506. The molecule has 0 radical (unpaired) electrons. The van der Waals surface area contributed by atoms with E-state index in [9.17, 15) is 5.26 Å². The highest BCUT2D eigenvalue weighted by molar-refractivity contribution is 6.69. The Morgan fingerprint density at radius 3 is 2.50 bits per heavy atom. The normalized spacial score (nSPS) is 28.4. The third-order valence-electron chi connectivity index (χ3n) is 3.04. The minimum atomic E-state index is -1.63. The molecular weight excluding hydrogens is 216 g/mol. The van der Waals surface area contributed by atoms with Crippen molar-refractivity contribution in [2.24, 2.45) is 0 Å². The van der Waals surface area contributed by atoms with Crippen LogP contribution in [0, 0.1) is 11.3 Å². The highest BCUT2D eigenvalue weighted by atomic mass is 28.4. The summed E-state index contributed by atoms with van der Waals surface area (Å²) in [6.07, 6.45) is 2.83. The van der Waals surface area contributed by atoms with Crippen LogP contribution in [0.2, 0.25) is 19.6 Å². The first-order valence-electron chi connectivity index (χ1n) is 6.24. The Hall–Kier alpha value is -0.373. The minimum Gasteiger partial charge on any atom is -0.400 e. The molecule has 0 aromatic rings. The molecule has 0 N–H and O–H groups in total. The monoisotopic (exact) mass is 240 g/mol. The van der Waals surface area contributed by atoms with Gasteiger partial charge in [0.25, 0.3) is 0 Å². The first kappa shape index (κ1) is 13.7. The van der Waals surface area contributed by atoms with Gasteiger partial charge in [-0.1, -0.05) is 6.92 Å². The predicted molar refractivity (Wildman–Crippen MR) is 68.7 cm³/mol. The fourth-order valence-corrected chi connectivity index (χ4v) is 3.72. The Morgan fingerprint density at radius 1 is 1.31 bits per heavy atom. The number of hydrogen-bond donors (Lipinski definition) is 0. The summed E-state index contributed by atoms with van der Waals surface area (Å²) < 4.78 is 6.14. The van der Waals surface area contributed by atoms with Crippen molar-refractivity contribution in [3.63, 3.8) is 0 Å². The summed E-state index contributed by atoms with van der Waals surface area (Å²) in [4.78, 5) is 2.41. The van der Waals surface area contributed by atoms with Crippen LogP contribution < -0.4 is 0 Å². The van der Waals surface area contributed by atoms with Crippen molar-refractivity contribution in [2.75, 3.05) is 19.6 Å². The van der Waals surface area contributed by atoms with Gasteiger partial charge in [-0.2, -0.15) is 5.26 Å². The largest absolute Gasteiger partial charge is 0.400 e. The lowest BCUT2D eigenvalue weighted by atomic mass is 9.97. The molecule has 0 aliphatic carbocycles. The maximum atomic E-state index is 9.42. The van der Waals surface area contributed by atoms with E-state index < -0.39 is 13.9 Å². The third kappa shape index (κ3) is 3.89. The van der Waals surface area contributed by atoms with Gasteiger partial charge in [-0.15, -0.1) is 0 Å². The van der Waals surface area contributed by atoms with Gasteiger partial charge in [0, 0.05) is 13.0 Å². The van der Waals surface area contributed by atoms with Crippen molar-refractivity contribution in [1.29, 1.82) is 5.26 Å². The number of rotatable bonds is 3. The first-order valence-corrected chi connectivity index (χ1v) is 9.65. The zero-order valence-electron chi connectivity index (χ0n) is 11.0. The van der Waals surface area contributed by atoms with Crippen molar-refractivity contribution in [3.05, 3.63) is 0 Å². The van der Waals surface area contributed by atoms with Gasteiger partial charge in [0.1, 0.15) is 5.60 Å². The summed E-state index contributed by atoms with van der Waals surface area (Å²) in [6.45, 7) is 11.8. The molecule has 1 atom stereocenters. The highest BCUT2D eigenvalue weighted by Gasteiger charge is 2.37. The van der Waals surface area contributed by atoms with E-state index in [1.54, 1.807) is 0 Å². The number of nitrogens with zero attached hydrogens (tertiary/aromatic N) is 2. The molecule has 0 saturated carbocycles. The second-order valence-corrected chi connectivity index (χ2v) is 10.0. The summed E-state index contributed by atoms with van der Waals surface area (Å²) in [5.74, 6) is 0. The Bertz CT molecular complexity index is 269. The molecule has 0 amide bonds. The van der Waals surface area contributed by atoms with Crippen LogP contribution in [0.25, 0.3) is 0 Å². The maximum absolute atomic E-state index is 9.42. The van der Waals surface area contributed by atoms with Crippen LogP contribution in [0.3, 0.4) is 0 Å². The van der Waals surface area contributed by atoms with Gasteiger partial charge in [0.2, 0.25) is 0 Å². The zero-order valence-corrected chi connectivity index (χ0v) is 12.0. The van der Waals surface area contributed by atoms with Crippen LogP contribution in [-0.2, 0) is 4.43 Å². The number of likely N-dealkylation sites (tertiary alicyclic amines) is 1. The van der Waals surface area contributed by atoms with Crippen molar-refractivity contribution >= 4 is 8.32 Å². The molecule has 92 valence electrons. The van der Waals surface area contributed by atoms with E-state index in [-0.39, 0.29) is 0 Å².